The Balaban J connectivity index is 2.55. The third-order valence-electron chi connectivity index (χ3n) is 3.54. The van der Waals surface area contributed by atoms with Gasteiger partial charge in [0.15, 0.2) is 0 Å². The largest absolute Gasteiger partial charge is 0.496 e. The van der Waals surface area contributed by atoms with Gasteiger partial charge in [0.1, 0.15) is 5.75 Å². The number of methoxy groups -OCH3 is 1. The molecule has 0 radical (unpaired) electrons. The van der Waals surface area contributed by atoms with Crippen molar-refractivity contribution in [3.8, 4) is 5.75 Å². The smallest absolute Gasteiger partial charge is 0.124 e. The van der Waals surface area contributed by atoms with Gasteiger partial charge >= 0.3 is 0 Å². The summed E-state index contributed by atoms with van der Waals surface area (Å²) in [7, 11) is 1.68. The van der Waals surface area contributed by atoms with Crippen LogP contribution in [0, 0.1) is 0 Å². The lowest BCUT2D eigenvalue weighted by Crippen LogP contribution is -2.23. The molecular formula is C17H21ClN2O. The molecule has 21 heavy (non-hydrogen) atoms. The van der Waals surface area contributed by atoms with Gasteiger partial charge in [-0.1, -0.05) is 25.4 Å². The molecule has 0 amide bonds. The molecule has 1 N–H and O–H groups in total. The van der Waals surface area contributed by atoms with E-state index in [0.717, 1.165) is 24.3 Å². The Bertz CT molecular complexity index is 601. The molecule has 3 nitrogen and oxygen atoms in total. The lowest BCUT2D eigenvalue weighted by molar-refractivity contribution is 0.404. The molecule has 1 aromatic carbocycles. The zero-order valence-electron chi connectivity index (χ0n) is 12.7. The average Bonchev–Trinajstić information content (AvgIpc) is 2.52. The van der Waals surface area contributed by atoms with E-state index in [1.54, 1.807) is 7.11 Å². The number of nitrogens with one attached hydrogen (secondary N) is 1. The van der Waals surface area contributed by atoms with Gasteiger partial charge in [-0.2, -0.15) is 0 Å². The van der Waals surface area contributed by atoms with Crippen molar-refractivity contribution in [2.75, 3.05) is 13.7 Å². The summed E-state index contributed by atoms with van der Waals surface area (Å²) >= 11 is 6.18. The maximum Gasteiger partial charge on any atom is 0.124 e. The van der Waals surface area contributed by atoms with Crippen LogP contribution in [0.15, 0.2) is 36.7 Å². The van der Waals surface area contributed by atoms with Gasteiger partial charge in [0.2, 0.25) is 0 Å². The van der Waals surface area contributed by atoms with Gasteiger partial charge in [-0.25, -0.2) is 0 Å². The van der Waals surface area contributed by atoms with E-state index in [1.807, 2.05) is 30.6 Å². The Hall–Kier alpha value is -1.58. The monoisotopic (exact) mass is 304 g/mol. The predicted octanol–water partition coefficient (Wildman–Crippen LogP) is 4.00. The molecule has 0 saturated heterocycles. The van der Waals surface area contributed by atoms with Crippen LogP contribution >= 0.6 is 11.6 Å². The van der Waals surface area contributed by atoms with E-state index in [-0.39, 0.29) is 6.04 Å². The van der Waals surface area contributed by atoms with Crippen LogP contribution in [0.3, 0.4) is 0 Å². The number of rotatable bonds is 6. The number of hydrogen-bond donors (Lipinski definition) is 1. The second kappa shape index (κ2) is 7.43. The van der Waals surface area contributed by atoms with Gasteiger partial charge in [-0.15, -0.1) is 0 Å². The normalized spacial score (nSPS) is 12.2. The standard InChI is InChI=1S/C17H21ClN2O/c1-4-12-11-19-9-8-14(12)17(20-5-2)15-10-13(18)6-7-16(15)21-3/h6-11,17,20H,4-5H2,1-3H3. The number of aromatic nitrogens is 1. The Morgan fingerprint density at radius 2 is 2.05 bits per heavy atom. The van der Waals surface area contributed by atoms with Crippen LogP contribution in [0.25, 0.3) is 0 Å². The zero-order valence-corrected chi connectivity index (χ0v) is 13.4. The highest BCUT2D eigenvalue weighted by atomic mass is 35.5. The average molecular weight is 305 g/mol. The first-order chi connectivity index (χ1) is 10.2. The fourth-order valence-electron chi connectivity index (χ4n) is 2.54. The number of halogens is 1. The van der Waals surface area contributed by atoms with Gasteiger partial charge in [0, 0.05) is 23.0 Å². The van der Waals surface area contributed by atoms with E-state index >= 15 is 0 Å². The molecule has 0 bridgehead atoms. The maximum atomic E-state index is 6.18. The summed E-state index contributed by atoms with van der Waals surface area (Å²) in [6.45, 7) is 5.08. The molecule has 1 heterocycles. The zero-order chi connectivity index (χ0) is 15.2. The topological polar surface area (TPSA) is 34.2 Å². The van der Waals surface area contributed by atoms with E-state index < -0.39 is 0 Å². The molecule has 0 aliphatic carbocycles. The first-order valence-electron chi connectivity index (χ1n) is 7.20. The Morgan fingerprint density at radius 3 is 2.71 bits per heavy atom. The van der Waals surface area contributed by atoms with Crippen LogP contribution in [0.5, 0.6) is 5.75 Å². The molecule has 2 rings (SSSR count). The first kappa shape index (κ1) is 15.8. The Kier molecular flexibility index (Phi) is 5.59. The van der Waals surface area contributed by atoms with Gasteiger partial charge < -0.3 is 10.1 Å². The van der Waals surface area contributed by atoms with E-state index in [9.17, 15) is 0 Å². The molecule has 1 unspecified atom stereocenters. The molecule has 0 saturated carbocycles. The van der Waals surface area contributed by atoms with Crippen molar-refractivity contribution >= 4 is 11.6 Å². The lowest BCUT2D eigenvalue weighted by Gasteiger charge is -2.23. The third-order valence-corrected chi connectivity index (χ3v) is 3.78. The fourth-order valence-corrected chi connectivity index (χ4v) is 2.72. The summed E-state index contributed by atoms with van der Waals surface area (Å²) in [5.41, 5.74) is 3.49. The molecule has 0 aliphatic heterocycles. The number of hydrogen-bond acceptors (Lipinski definition) is 3. The number of aryl methyl sites for hydroxylation is 1. The van der Waals surface area contributed by atoms with Crippen LogP contribution in [0.1, 0.15) is 36.6 Å². The predicted molar refractivity (Wildman–Crippen MR) is 87.1 cm³/mol. The van der Waals surface area contributed by atoms with Gasteiger partial charge in [0.05, 0.1) is 13.2 Å². The van der Waals surface area contributed by atoms with Crippen LogP contribution in [-0.4, -0.2) is 18.6 Å². The number of pyridine rings is 1. The molecule has 1 atom stereocenters. The van der Waals surface area contributed by atoms with Crippen LogP contribution < -0.4 is 10.1 Å². The van der Waals surface area contributed by atoms with E-state index in [4.69, 9.17) is 16.3 Å². The van der Waals surface area contributed by atoms with Crippen molar-refractivity contribution in [2.24, 2.45) is 0 Å². The van der Waals surface area contributed by atoms with Crippen LogP contribution in [0.4, 0.5) is 0 Å². The molecule has 0 aliphatic rings. The molecule has 2 aromatic rings. The summed E-state index contributed by atoms with van der Waals surface area (Å²) < 4.78 is 5.51. The summed E-state index contributed by atoms with van der Waals surface area (Å²) in [6, 6.07) is 7.83. The number of nitrogens with zero attached hydrogens (tertiary/aromatic N) is 1. The van der Waals surface area contributed by atoms with Crippen molar-refractivity contribution in [2.45, 2.75) is 26.3 Å². The Labute approximate surface area is 131 Å². The molecule has 4 heteroatoms. The Morgan fingerprint density at radius 1 is 1.24 bits per heavy atom. The van der Waals surface area contributed by atoms with E-state index in [1.165, 1.54) is 11.1 Å². The summed E-state index contributed by atoms with van der Waals surface area (Å²) in [4.78, 5) is 4.23. The number of benzene rings is 1. The van der Waals surface area contributed by atoms with Gasteiger partial charge in [-0.05, 0) is 48.4 Å². The summed E-state index contributed by atoms with van der Waals surface area (Å²) in [5.74, 6) is 0.837. The van der Waals surface area contributed by atoms with Crippen LogP contribution in [-0.2, 0) is 6.42 Å². The van der Waals surface area contributed by atoms with Crippen molar-refractivity contribution in [3.63, 3.8) is 0 Å². The second-order valence-corrected chi connectivity index (χ2v) is 5.24. The van der Waals surface area contributed by atoms with E-state index in [2.05, 4.69) is 30.2 Å². The molecule has 112 valence electrons. The van der Waals surface area contributed by atoms with Gasteiger partial charge in [0.25, 0.3) is 0 Å². The molecule has 1 aromatic heterocycles. The molecular weight excluding hydrogens is 284 g/mol. The highest BCUT2D eigenvalue weighted by Gasteiger charge is 2.20. The maximum absolute atomic E-state index is 6.18. The quantitative estimate of drug-likeness (QED) is 0.875. The highest BCUT2D eigenvalue weighted by Crippen LogP contribution is 2.33. The minimum Gasteiger partial charge on any atom is -0.496 e. The van der Waals surface area contributed by atoms with Crippen LogP contribution in [0.2, 0.25) is 5.02 Å². The van der Waals surface area contributed by atoms with Crippen molar-refractivity contribution in [1.29, 1.82) is 0 Å². The summed E-state index contributed by atoms with van der Waals surface area (Å²) in [5, 5.41) is 4.23. The fraction of sp³-hybridized carbons (Fsp3) is 0.353. The highest BCUT2D eigenvalue weighted by molar-refractivity contribution is 6.30. The SMILES string of the molecule is CCNC(c1ccncc1CC)c1cc(Cl)ccc1OC. The van der Waals surface area contributed by atoms with Crippen molar-refractivity contribution in [1.82, 2.24) is 10.3 Å². The molecule has 0 spiro atoms. The third kappa shape index (κ3) is 3.55. The minimum atomic E-state index is 0.0431. The second-order valence-electron chi connectivity index (χ2n) is 4.81. The number of ether oxygens (including phenoxy) is 1. The van der Waals surface area contributed by atoms with E-state index in [0.29, 0.717) is 5.02 Å². The van der Waals surface area contributed by atoms with Gasteiger partial charge in [-0.3, -0.25) is 4.98 Å². The van der Waals surface area contributed by atoms with Crippen molar-refractivity contribution in [3.05, 3.63) is 58.4 Å². The van der Waals surface area contributed by atoms with Crippen molar-refractivity contribution < 1.29 is 4.74 Å². The first-order valence-corrected chi connectivity index (χ1v) is 7.58. The lowest BCUT2D eigenvalue weighted by atomic mass is 9.94. The minimum absolute atomic E-state index is 0.0431. The summed E-state index contributed by atoms with van der Waals surface area (Å²) in [6.07, 6.45) is 4.69. The molecule has 0 fully saturated rings.